The zero-order valence-electron chi connectivity index (χ0n) is 11.6. The Balaban J connectivity index is 1.92. The van der Waals surface area contributed by atoms with Crippen molar-refractivity contribution >= 4 is 7.60 Å². The first-order valence-electron chi connectivity index (χ1n) is 6.93. The first-order chi connectivity index (χ1) is 9.42. The molecule has 1 aromatic rings. The number of rotatable bonds is 5. The van der Waals surface area contributed by atoms with Gasteiger partial charge in [-0.2, -0.15) is 0 Å². The lowest BCUT2D eigenvalue weighted by Crippen LogP contribution is -2.45. The second-order valence-electron chi connectivity index (χ2n) is 5.79. The number of piperidine rings is 1. The van der Waals surface area contributed by atoms with E-state index >= 15 is 0 Å². The highest BCUT2D eigenvalue weighted by Crippen LogP contribution is 2.46. The van der Waals surface area contributed by atoms with Crippen LogP contribution in [-0.4, -0.2) is 40.5 Å². The van der Waals surface area contributed by atoms with Gasteiger partial charge in [0, 0.05) is 6.54 Å². The highest BCUT2D eigenvalue weighted by atomic mass is 31.2. The third-order valence-corrected chi connectivity index (χ3v) is 5.22. The Morgan fingerprint density at radius 1 is 1.20 bits per heavy atom. The van der Waals surface area contributed by atoms with Crippen molar-refractivity contribution in [1.29, 1.82) is 0 Å². The third-order valence-electron chi connectivity index (χ3n) is 4.14. The van der Waals surface area contributed by atoms with Gasteiger partial charge in [0.15, 0.2) is 0 Å². The Bertz CT molecular complexity index is 467. The summed E-state index contributed by atoms with van der Waals surface area (Å²) in [7, 11) is -4.00. The molecule has 1 aromatic carbocycles. The van der Waals surface area contributed by atoms with E-state index in [4.69, 9.17) is 5.73 Å². The Hall–Kier alpha value is -0.710. The Morgan fingerprint density at radius 2 is 1.80 bits per heavy atom. The predicted molar refractivity (Wildman–Crippen MR) is 79.4 cm³/mol. The van der Waals surface area contributed by atoms with Gasteiger partial charge in [-0.25, -0.2) is 0 Å². The van der Waals surface area contributed by atoms with E-state index in [1.165, 1.54) is 5.56 Å². The van der Waals surface area contributed by atoms with E-state index in [0.717, 1.165) is 32.5 Å². The minimum absolute atomic E-state index is 0.0876. The lowest BCUT2D eigenvalue weighted by molar-refractivity contribution is 0.116. The van der Waals surface area contributed by atoms with E-state index in [2.05, 4.69) is 17.0 Å². The topological polar surface area (TPSA) is 86.8 Å². The van der Waals surface area contributed by atoms with Gasteiger partial charge in [-0.15, -0.1) is 0 Å². The van der Waals surface area contributed by atoms with Crippen molar-refractivity contribution in [2.45, 2.75) is 19.4 Å². The number of hydrogen-bond acceptors (Lipinski definition) is 3. The molecule has 6 heteroatoms. The van der Waals surface area contributed by atoms with Crippen LogP contribution in [0.5, 0.6) is 0 Å². The van der Waals surface area contributed by atoms with Gasteiger partial charge in [0.2, 0.25) is 0 Å². The molecule has 1 aliphatic rings. The molecule has 20 heavy (non-hydrogen) atoms. The van der Waals surface area contributed by atoms with Crippen molar-refractivity contribution < 1.29 is 14.4 Å². The molecular weight excluding hydrogens is 275 g/mol. The van der Waals surface area contributed by atoms with E-state index in [1.807, 2.05) is 18.2 Å². The van der Waals surface area contributed by atoms with Crippen molar-refractivity contribution in [2.24, 2.45) is 11.1 Å². The molecule has 1 fully saturated rings. The quantitative estimate of drug-likeness (QED) is 0.715. The summed E-state index contributed by atoms with van der Waals surface area (Å²) in [5.41, 5.74) is 6.65. The molecule has 1 aliphatic heterocycles. The highest BCUT2D eigenvalue weighted by Gasteiger charge is 2.38. The van der Waals surface area contributed by atoms with Crippen LogP contribution in [0.3, 0.4) is 0 Å². The zero-order valence-corrected chi connectivity index (χ0v) is 12.5. The molecule has 4 N–H and O–H groups in total. The summed E-state index contributed by atoms with van der Waals surface area (Å²) in [6.07, 6.45) is 1.42. The smallest absolute Gasteiger partial charge is 0.326 e. The maximum atomic E-state index is 11.3. The first kappa shape index (κ1) is 15.7. The molecule has 0 aromatic heterocycles. The molecule has 0 bridgehead atoms. The van der Waals surface area contributed by atoms with Gasteiger partial charge in [0.1, 0.15) is 0 Å². The fraction of sp³-hybridized carbons (Fsp3) is 0.571. The molecule has 1 heterocycles. The highest BCUT2D eigenvalue weighted by molar-refractivity contribution is 7.51. The summed E-state index contributed by atoms with van der Waals surface area (Å²) in [5, 5.41) is 0. The van der Waals surface area contributed by atoms with Gasteiger partial charge in [0.25, 0.3) is 0 Å². The lowest BCUT2D eigenvalue weighted by atomic mass is 9.80. The van der Waals surface area contributed by atoms with Crippen LogP contribution in [0.2, 0.25) is 0 Å². The van der Waals surface area contributed by atoms with Crippen LogP contribution in [0.15, 0.2) is 30.3 Å². The molecule has 2 rings (SSSR count). The maximum absolute atomic E-state index is 11.3. The average Bonchev–Trinajstić information content (AvgIpc) is 2.41. The molecule has 0 unspecified atom stereocenters. The molecule has 0 radical (unpaired) electrons. The Morgan fingerprint density at radius 3 is 2.30 bits per heavy atom. The lowest BCUT2D eigenvalue weighted by Gasteiger charge is -2.41. The largest absolute Gasteiger partial charge is 0.330 e. The molecule has 0 amide bonds. The summed E-state index contributed by atoms with van der Waals surface area (Å²) in [5.74, 6) is 0. The number of benzene rings is 1. The predicted octanol–water partition coefficient (Wildman–Crippen LogP) is 1.41. The van der Waals surface area contributed by atoms with Gasteiger partial charge in [-0.1, -0.05) is 30.3 Å². The summed E-state index contributed by atoms with van der Waals surface area (Å²) < 4.78 is 11.3. The molecule has 0 spiro atoms. The second kappa shape index (κ2) is 6.37. The van der Waals surface area contributed by atoms with Gasteiger partial charge in [-0.05, 0) is 43.5 Å². The first-order valence-corrected chi connectivity index (χ1v) is 8.73. The Labute approximate surface area is 119 Å². The second-order valence-corrected chi connectivity index (χ2v) is 7.43. The number of nitrogens with zero attached hydrogens (tertiary/aromatic N) is 1. The molecule has 112 valence electrons. The number of likely N-dealkylation sites (tertiary alicyclic amines) is 1. The normalized spacial score (nSPS) is 19.9. The molecule has 1 saturated heterocycles. The monoisotopic (exact) mass is 298 g/mol. The van der Waals surface area contributed by atoms with Crippen molar-refractivity contribution in [3.63, 3.8) is 0 Å². The van der Waals surface area contributed by atoms with Crippen LogP contribution >= 0.6 is 7.60 Å². The van der Waals surface area contributed by atoms with Crippen molar-refractivity contribution in [3.05, 3.63) is 35.9 Å². The fourth-order valence-corrected chi connectivity index (χ4v) is 4.21. The minimum atomic E-state index is -4.00. The Kier molecular flexibility index (Phi) is 4.99. The van der Waals surface area contributed by atoms with Crippen molar-refractivity contribution in [2.75, 3.05) is 25.8 Å². The number of nitrogens with two attached hydrogens (primary N) is 1. The standard InChI is InChI=1S/C14H23N2O3P/c15-11-14(12-20(17,18)19)6-8-16(9-7-14)10-13-4-2-1-3-5-13/h1-5H,6-12,15H2,(H2,17,18,19). The fourth-order valence-electron chi connectivity index (χ4n) is 2.89. The minimum Gasteiger partial charge on any atom is -0.330 e. The summed E-state index contributed by atoms with van der Waals surface area (Å²) in [6, 6.07) is 10.2. The summed E-state index contributed by atoms with van der Waals surface area (Å²) in [4.78, 5) is 20.7. The summed E-state index contributed by atoms with van der Waals surface area (Å²) in [6.45, 7) is 2.91. The van der Waals surface area contributed by atoms with Gasteiger partial charge in [0.05, 0.1) is 6.16 Å². The van der Waals surface area contributed by atoms with E-state index < -0.39 is 13.0 Å². The van der Waals surface area contributed by atoms with Crippen LogP contribution in [-0.2, 0) is 11.1 Å². The van der Waals surface area contributed by atoms with Crippen molar-refractivity contribution in [1.82, 2.24) is 4.90 Å². The van der Waals surface area contributed by atoms with E-state index in [0.29, 0.717) is 6.54 Å². The SMILES string of the molecule is NCC1(CP(=O)(O)O)CCN(Cc2ccccc2)CC1. The van der Waals surface area contributed by atoms with Crippen LogP contribution in [0.1, 0.15) is 18.4 Å². The molecule has 0 saturated carbocycles. The van der Waals surface area contributed by atoms with Gasteiger partial charge < -0.3 is 15.5 Å². The third kappa shape index (κ3) is 4.40. The van der Waals surface area contributed by atoms with Crippen LogP contribution in [0.4, 0.5) is 0 Å². The molecular formula is C14H23N2O3P. The van der Waals surface area contributed by atoms with E-state index in [1.54, 1.807) is 0 Å². The van der Waals surface area contributed by atoms with Crippen LogP contribution < -0.4 is 5.73 Å². The summed E-state index contributed by atoms with van der Waals surface area (Å²) >= 11 is 0. The van der Waals surface area contributed by atoms with E-state index in [9.17, 15) is 14.4 Å². The van der Waals surface area contributed by atoms with Crippen LogP contribution in [0, 0.1) is 5.41 Å². The van der Waals surface area contributed by atoms with E-state index in [-0.39, 0.29) is 6.16 Å². The molecule has 5 nitrogen and oxygen atoms in total. The van der Waals surface area contributed by atoms with Crippen molar-refractivity contribution in [3.8, 4) is 0 Å². The average molecular weight is 298 g/mol. The zero-order chi connectivity index (χ0) is 14.6. The van der Waals surface area contributed by atoms with Gasteiger partial charge in [-0.3, -0.25) is 9.46 Å². The molecule has 0 aliphatic carbocycles. The van der Waals surface area contributed by atoms with Crippen LogP contribution in [0.25, 0.3) is 0 Å². The molecule has 0 atom stereocenters. The maximum Gasteiger partial charge on any atom is 0.326 e. The van der Waals surface area contributed by atoms with Gasteiger partial charge >= 0.3 is 7.60 Å². The number of hydrogen-bond donors (Lipinski definition) is 3.